The molecule has 0 heterocycles. The number of hydrogen-bond acceptors (Lipinski definition) is 5. The van der Waals surface area contributed by atoms with Crippen molar-refractivity contribution in [2.75, 3.05) is 29.6 Å². The highest BCUT2D eigenvalue weighted by atomic mass is 35.5. The lowest BCUT2D eigenvalue weighted by atomic mass is 10.2. The van der Waals surface area contributed by atoms with E-state index in [1.165, 1.54) is 7.11 Å². The fourth-order valence-corrected chi connectivity index (χ4v) is 2.53. The first-order valence-corrected chi connectivity index (χ1v) is 9.12. The number of rotatable bonds is 8. The molecule has 8 heteroatoms. The normalized spacial score (nSPS) is 10.1. The third-order valence-corrected chi connectivity index (χ3v) is 4.09. The number of carbonyl (C=O) groups is 3. The summed E-state index contributed by atoms with van der Waals surface area (Å²) in [4.78, 5) is 35.3. The Balaban J connectivity index is 1.93. The summed E-state index contributed by atoms with van der Waals surface area (Å²) in [5.41, 5.74) is 2.06. The van der Waals surface area contributed by atoms with E-state index in [9.17, 15) is 14.4 Å². The molecule has 2 aromatic rings. The van der Waals surface area contributed by atoms with E-state index in [0.717, 1.165) is 6.42 Å². The van der Waals surface area contributed by atoms with Crippen molar-refractivity contribution in [2.45, 2.75) is 19.8 Å². The Morgan fingerprint density at radius 3 is 2.29 bits per heavy atom. The van der Waals surface area contributed by atoms with Crippen LogP contribution in [0.5, 0.6) is 0 Å². The molecule has 0 aliphatic carbocycles. The monoisotopic (exact) mass is 403 g/mol. The zero-order valence-corrected chi connectivity index (χ0v) is 16.4. The number of anilines is 3. The zero-order chi connectivity index (χ0) is 20.5. The maximum absolute atomic E-state index is 12.2. The van der Waals surface area contributed by atoms with Crippen LogP contribution in [-0.4, -0.2) is 31.4 Å². The van der Waals surface area contributed by atoms with Gasteiger partial charge in [0.15, 0.2) is 0 Å². The van der Waals surface area contributed by atoms with Crippen LogP contribution in [-0.2, 0) is 14.3 Å². The van der Waals surface area contributed by atoms with Crippen molar-refractivity contribution in [3.05, 3.63) is 53.1 Å². The van der Waals surface area contributed by atoms with Crippen LogP contribution in [0.3, 0.4) is 0 Å². The summed E-state index contributed by atoms with van der Waals surface area (Å²) in [7, 11) is 1.31. The van der Waals surface area contributed by atoms with Crippen molar-refractivity contribution in [1.29, 1.82) is 0 Å². The molecule has 0 fully saturated rings. The number of hydrogen-bond donors (Lipinski definition) is 3. The number of nitrogens with one attached hydrogen (secondary N) is 3. The zero-order valence-electron chi connectivity index (χ0n) is 15.7. The molecule has 0 spiro atoms. The minimum atomic E-state index is -0.426. The predicted octanol–water partition coefficient (Wildman–Crippen LogP) is 3.92. The average Bonchev–Trinajstić information content (AvgIpc) is 2.69. The van der Waals surface area contributed by atoms with Crippen LogP contribution in [0.1, 0.15) is 30.1 Å². The molecule has 0 radical (unpaired) electrons. The van der Waals surface area contributed by atoms with E-state index < -0.39 is 5.97 Å². The van der Waals surface area contributed by atoms with Gasteiger partial charge in [-0.05, 0) is 48.9 Å². The Hall–Kier alpha value is -3.06. The molecule has 2 rings (SSSR count). The van der Waals surface area contributed by atoms with Crippen LogP contribution in [0.15, 0.2) is 42.5 Å². The standard InChI is InChI=1S/C20H22ClN3O4/c1-3-4-18(25)23-15-9-10-16(21)17(11-15)24-19(26)12-22-14-7-5-13(6-8-14)20(27)28-2/h5-11,22H,3-4,12H2,1-2H3,(H,23,25)(H,24,26). The topological polar surface area (TPSA) is 96.5 Å². The van der Waals surface area contributed by atoms with E-state index >= 15 is 0 Å². The largest absolute Gasteiger partial charge is 0.465 e. The third kappa shape index (κ3) is 6.28. The van der Waals surface area contributed by atoms with E-state index in [2.05, 4.69) is 20.7 Å². The summed E-state index contributed by atoms with van der Waals surface area (Å²) in [6.07, 6.45) is 1.16. The number of ether oxygens (including phenoxy) is 1. The second-order valence-electron chi connectivity index (χ2n) is 5.96. The van der Waals surface area contributed by atoms with Crippen molar-refractivity contribution >= 4 is 46.4 Å². The molecule has 3 N–H and O–H groups in total. The minimum Gasteiger partial charge on any atom is -0.465 e. The van der Waals surface area contributed by atoms with Gasteiger partial charge in [0.05, 0.1) is 29.9 Å². The van der Waals surface area contributed by atoms with Crippen LogP contribution >= 0.6 is 11.6 Å². The lowest BCUT2D eigenvalue weighted by Crippen LogP contribution is -2.22. The number of esters is 1. The van der Waals surface area contributed by atoms with E-state index in [1.54, 1.807) is 42.5 Å². The summed E-state index contributed by atoms with van der Waals surface area (Å²) in [6, 6.07) is 11.5. The molecule has 0 bridgehead atoms. The van der Waals surface area contributed by atoms with E-state index in [0.29, 0.717) is 34.1 Å². The first kappa shape index (κ1) is 21.2. The molecule has 0 atom stereocenters. The van der Waals surface area contributed by atoms with E-state index in [1.807, 2.05) is 6.92 Å². The van der Waals surface area contributed by atoms with Crippen LogP contribution < -0.4 is 16.0 Å². The first-order chi connectivity index (χ1) is 13.4. The molecule has 0 saturated carbocycles. The fraction of sp³-hybridized carbons (Fsp3) is 0.250. The Kier molecular flexibility index (Phi) is 7.83. The van der Waals surface area contributed by atoms with Gasteiger partial charge in [-0.1, -0.05) is 18.5 Å². The van der Waals surface area contributed by atoms with Crippen molar-refractivity contribution in [1.82, 2.24) is 0 Å². The number of amides is 2. The number of methoxy groups -OCH3 is 1. The first-order valence-electron chi connectivity index (χ1n) is 8.74. The van der Waals surface area contributed by atoms with Gasteiger partial charge in [-0.15, -0.1) is 0 Å². The predicted molar refractivity (Wildman–Crippen MR) is 110 cm³/mol. The summed E-state index contributed by atoms with van der Waals surface area (Å²) < 4.78 is 4.64. The molecule has 2 aromatic carbocycles. The van der Waals surface area contributed by atoms with Gasteiger partial charge in [-0.3, -0.25) is 9.59 Å². The molecule has 2 amide bonds. The molecule has 0 saturated heterocycles. The van der Waals surface area contributed by atoms with Crippen molar-refractivity contribution in [3.8, 4) is 0 Å². The van der Waals surface area contributed by atoms with Crippen LogP contribution in [0.2, 0.25) is 5.02 Å². The fourth-order valence-electron chi connectivity index (χ4n) is 2.37. The number of benzene rings is 2. The molecule has 28 heavy (non-hydrogen) atoms. The summed E-state index contributed by atoms with van der Waals surface area (Å²) in [5.74, 6) is -0.833. The van der Waals surface area contributed by atoms with Crippen LogP contribution in [0, 0.1) is 0 Å². The number of carbonyl (C=O) groups excluding carboxylic acids is 3. The summed E-state index contributed by atoms with van der Waals surface area (Å²) in [6.45, 7) is 1.92. The van der Waals surface area contributed by atoms with Crippen molar-refractivity contribution in [3.63, 3.8) is 0 Å². The number of halogens is 1. The highest BCUT2D eigenvalue weighted by molar-refractivity contribution is 6.33. The van der Waals surface area contributed by atoms with E-state index in [-0.39, 0.29) is 18.4 Å². The van der Waals surface area contributed by atoms with Crippen molar-refractivity contribution in [2.24, 2.45) is 0 Å². The molecule has 0 aliphatic rings. The lowest BCUT2D eigenvalue weighted by molar-refractivity contribution is -0.116. The molecular formula is C20H22ClN3O4. The van der Waals surface area contributed by atoms with Gasteiger partial charge in [-0.2, -0.15) is 0 Å². The maximum Gasteiger partial charge on any atom is 0.337 e. The van der Waals surface area contributed by atoms with Gasteiger partial charge in [0.2, 0.25) is 11.8 Å². The lowest BCUT2D eigenvalue weighted by Gasteiger charge is -2.11. The molecule has 0 aromatic heterocycles. The quantitative estimate of drug-likeness (QED) is 0.580. The average molecular weight is 404 g/mol. The Morgan fingerprint density at radius 2 is 1.64 bits per heavy atom. The van der Waals surface area contributed by atoms with E-state index in [4.69, 9.17) is 11.6 Å². The third-order valence-electron chi connectivity index (χ3n) is 3.76. The SMILES string of the molecule is CCCC(=O)Nc1ccc(Cl)c(NC(=O)CNc2ccc(C(=O)OC)cc2)c1. The second-order valence-corrected chi connectivity index (χ2v) is 6.37. The molecular weight excluding hydrogens is 382 g/mol. The van der Waals surface area contributed by atoms with Gasteiger partial charge < -0.3 is 20.7 Å². The Morgan fingerprint density at radius 1 is 0.964 bits per heavy atom. The molecule has 148 valence electrons. The molecule has 0 unspecified atom stereocenters. The minimum absolute atomic E-state index is 0.000319. The van der Waals surface area contributed by atoms with Gasteiger partial charge in [-0.25, -0.2) is 4.79 Å². The molecule has 7 nitrogen and oxygen atoms in total. The van der Waals surface area contributed by atoms with Crippen LogP contribution in [0.4, 0.5) is 17.1 Å². The Labute approximate surface area is 168 Å². The second kappa shape index (κ2) is 10.3. The summed E-state index contributed by atoms with van der Waals surface area (Å²) >= 11 is 6.12. The highest BCUT2D eigenvalue weighted by Crippen LogP contribution is 2.25. The van der Waals surface area contributed by atoms with Crippen molar-refractivity contribution < 1.29 is 19.1 Å². The maximum atomic E-state index is 12.2. The summed E-state index contributed by atoms with van der Waals surface area (Å²) in [5, 5.41) is 8.78. The van der Waals surface area contributed by atoms with Gasteiger partial charge in [0.1, 0.15) is 0 Å². The molecule has 0 aliphatic heterocycles. The van der Waals surface area contributed by atoms with Crippen LogP contribution in [0.25, 0.3) is 0 Å². The highest BCUT2D eigenvalue weighted by Gasteiger charge is 2.09. The smallest absolute Gasteiger partial charge is 0.337 e. The van der Waals surface area contributed by atoms with Gasteiger partial charge in [0.25, 0.3) is 0 Å². The van der Waals surface area contributed by atoms with Gasteiger partial charge in [0, 0.05) is 17.8 Å². The van der Waals surface area contributed by atoms with Gasteiger partial charge >= 0.3 is 5.97 Å². The Bertz CT molecular complexity index is 853.